The van der Waals surface area contributed by atoms with Gasteiger partial charge in [-0.25, -0.2) is 4.68 Å². The van der Waals surface area contributed by atoms with Crippen molar-refractivity contribution in [3.63, 3.8) is 0 Å². The van der Waals surface area contributed by atoms with Crippen LogP contribution < -0.4 is 5.32 Å². The van der Waals surface area contributed by atoms with Crippen LogP contribution in [0.25, 0.3) is 5.69 Å². The second-order valence-electron chi connectivity index (χ2n) is 5.58. The minimum absolute atomic E-state index is 0.0759. The van der Waals surface area contributed by atoms with Gasteiger partial charge in [-0.05, 0) is 48.2 Å². The standard InChI is InChI=1S/C19H20N4O/c24-19(9-6-17-3-1-11-20-15-17)21-13-10-16-4-7-18(8-5-16)23-14-2-12-22-23/h1-5,7-8,11-12,14-15H,6,9-10,13H2,(H,21,24). The lowest BCUT2D eigenvalue weighted by Gasteiger charge is -2.07. The summed E-state index contributed by atoms with van der Waals surface area (Å²) in [5, 5.41) is 7.17. The number of rotatable bonds is 7. The Labute approximate surface area is 141 Å². The van der Waals surface area contributed by atoms with Crippen LogP contribution in [-0.2, 0) is 17.6 Å². The summed E-state index contributed by atoms with van der Waals surface area (Å²) in [7, 11) is 0. The van der Waals surface area contributed by atoms with Crippen LogP contribution >= 0.6 is 0 Å². The summed E-state index contributed by atoms with van der Waals surface area (Å²) < 4.78 is 1.82. The lowest BCUT2D eigenvalue weighted by Crippen LogP contribution is -2.25. The first-order valence-electron chi connectivity index (χ1n) is 8.06. The molecule has 0 aliphatic heterocycles. The molecular formula is C19H20N4O. The Morgan fingerprint density at radius 2 is 1.88 bits per heavy atom. The molecular weight excluding hydrogens is 300 g/mol. The number of amides is 1. The van der Waals surface area contributed by atoms with Crippen molar-refractivity contribution in [2.45, 2.75) is 19.3 Å². The van der Waals surface area contributed by atoms with E-state index in [1.165, 1.54) is 5.56 Å². The number of pyridine rings is 1. The molecule has 2 heterocycles. The van der Waals surface area contributed by atoms with Gasteiger partial charge in [0.15, 0.2) is 0 Å². The average Bonchev–Trinajstić information content (AvgIpc) is 3.16. The Kier molecular flexibility index (Phi) is 5.35. The molecule has 0 saturated heterocycles. The van der Waals surface area contributed by atoms with Crippen molar-refractivity contribution < 1.29 is 4.79 Å². The van der Waals surface area contributed by atoms with Crippen molar-refractivity contribution in [1.82, 2.24) is 20.1 Å². The molecule has 0 fully saturated rings. The minimum Gasteiger partial charge on any atom is -0.356 e. The van der Waals surface area contributed by atoms with E-state index in [-0.39, 0.29) is 5.91 Å². The predicted octanol–water partition coefficient (Wildman–Crippen LogP) is 2.56. The van der Waals surface area contributed by atoms with Crippen LogP contribution in [0.15, 0.2) is 67.3 Å². The molecule has 5 heteroatoms. The van der Waals surface area contributed by atoms with Crippen LogP contribution in [0.5, 0.6) is 0 Å². The normalized spacial score (nSPS) is 10.5. The summed E-state index contributed by atoms with van der Waals surface area (Å²) in [6, 6.07) is 14.0. The van der Waals surface area contributed by atoms with Gasteiger partial charge in [-0.1, -0.05) is 18.2 Å². The van der Waals surface area contributed by atoms with Crippen molar-refractivity contribution in [3.8, 4) is 5.69 Å². The third kappa shape index (κ3) is 4.52. The molecule has 2 aromatic heterocycles. The summed E-state index contributed by atoms with van der Waals surface area (Å²) in [6.45, 7) is 0.646. The van der Waals surface area contributed by atoms with Crippen LogP contribution in [0.1, 0.15) is 17.5 Å². The maximum Gasteiger partial charge on any atom is 0.220 e. The molecule has 1 N–H and O–H groups in total. The molecule has 0 spiro atoms. The largest absolute Gasteiger partial charge is 0.356 e. The van der Waals surface area contributed by atoms with E-state index in [1.807, 2.05) is 41.2 Å². The van der Waals surface area contributed by atoms with Crippen molar-refractivity contribution >= 4 is 5.91 Å². The van der Waals surface area contributed by atoms with Gasteiger partial charge < -0.3 is 5.32 Å². The molecule has 1 amide bonds. The van der Waals surface area contributed by atoms with Crippen molar-refractivity contribution in [3.05, 3.63) is 78.4 Å². The molecule has 0 atom stereocenters. The molecule has 122 valence electrons. The minimum atomic E-state index is 0.0759. The van der Waals surface area contributed by atoms with Crippen LogP contribution in [0.3, 0.4) is 0 Å². The van der Waals surface area contributed by atoms with Crippen LogP contribution in [0, 0.1) is 0 Å². The van der Waals surface area contributed by atoms with E-state index in [2.05, 4.69) is 27.5 Å². The quantitative estimate of drug-likeness (QED) is 0.728. The van der Waals surface area contributed by atoms with Gasteiger partial charge in [-0.2, -0.15) is 5.10 Å². The lowest BCUT2D eigenvalue weighted by atomic mass is 10.1. The van der Waals surface area contributed by atoms with Crippen molar-refractivity contribution in [2.24, 2.45) is 0 Å². The zero-order valence-electron chi connectivity index (χ0n) is 13.4. The molecule has 5 nitrogen and oxygen atoms in total. The Bertz CT molecular complexity index is 752. The van der Waals surface area contributed by atoms with E-state index in [9.17, 15) is 4.79 Å². The van der Waals surface area contributed by atoms with Crippen LogP contribution in [-0.4, -0.2) is 27.2 Å². The van der Waals surface area contributed by atoms with Gasteiger partial charge >= 0.3 is 0 Å². The monoisotopic (exact) mass is 320 g/mol. The van der Waals surface area contributed by atoms with E-state index in [4.69, 9.17) is 0 Å². The average molecular weight is 320 g/mol. The summed E-state index contributed by atoms with van der Waals surface area (Å²) in [5.41, 5.74) is 3.31. The second-order valence-corrected chi connectivity index (χ2v) is 5.58. The highest BCUT2D eigenvalue weighted by Crippen LogP contribution is 2.09. The zero-order valence-corrected chi connectivity index (χ0v) is 13.4. The SMILES string of the molecule is O=C(CCc1cccnc1)NCCc1ccc(-n2cccn2)cc1. The van der Waals surface area contributed by atoms with E-state index >= 15 is 0 Å². The number of nitrogens with zero attached hydrogens (tertiary/aromatic N) is 3. The van der Waals surface area contributed by atoms with Crippen molar-refractivity contribution in [2.75, 3.05) is 6.54 Å². The summed E-state index contributed by atoms with van der Waals surface area (Å²) in [6.07, 6.45) is 9.24. The highest BCUT2D eigenvalue weighted by molar-refractivity contribution is 5.76. The molecule has 3 rings (SSSR count). The van der Waals surface area contributed by atoms with Gasteiger partial charge in [0.25, 0.3) is 0 Å². The fraction of sp³-hybridized carbons (Fsp3) is 0.211. The number of carbonyl (C=O) groups excluding carboxylic acids is 1. The second kappa shape index (κ2) is 8.06. The Morgan fingerprint density at radius 1 is 1.00 bits per heavy atom. The maximum atomic E-state index is 11.9. The van der Waals surface area contributed by atoms with E-state index in [1.54, 1.807) is 18.6 Å². The first-order chi connectivity index (χ1) is 11.8. The Morgan fingerprint density at radius 3 is 2.58 bits per heavy atom. The van der Waals surface area contributed by atoms with E-state index in [0.717, 1.165) is 24.1 Å². The van der Waals surface area contributed by atoms with Gasteiger partial charge in [0.2, 0.25) is 5.91 Å². The number of aromatic nitrogens is 3. The maximum absolute atomic E-state index is 11.9. The third-order valence-corrected chi connectivity index (χ3v) is 3.80. The number of carbonyl (C=O) groups is 1. The van der Waals surface area contributed by atoms with Crippen molar-refractivity contribution in [1.29, 1.82) is 0 Å². The number of benzene rings is 1. The molecule has 3 aromatic rings. The highest BCUT2D eigenvalue weighted by atomic mass is 16.1. The Hall–Kier alpha value is -2.95. The van der Waals surface area contributed by atoms with Crippen LogP contribution in [0.2, 0.25) is 0 Å². The van der Waals surface area contributed by atoms with E-state index < -0.39 is 0 Å². The number of hydrogen-bond acceptors (Lipinski definition) is 3. The molecule has 1 aromatic carbocycles. The summed E-state index contributed by atoms with van der Waals surface area (Å²) in [5.74, 6) is 0.0759. The summed E-state index contributed by atoms with van der Waals surface area (Å²) >= 11 is 0. The fourth-order valence-electron chi connectivity index (χ4n) is 2.48. The first-order valence-corrected chi connectivity index (χ1v) is 8.06. The molecule has 0 bridgehead atoms. The zero-order chi connectivity index (χ0) is 16.6. The topological polar surface area (TPSA) is 59.8 Å². The Balaban J connectivity index is 1.40. The molecule has 24 heavy (non-hydrogen) atoms. The van der Waals surface area contributed by atoms with Gasteiger partial charge in [-0.15, -0.1) is 0 Å². The van der Waals surface area contributed by atoms with E-state index in [0.29, 0.717) is 13.0 Å². The predicted molar refractivity (Wildman–Crippen MR) is 92.8 cm³/mol. The molecule has 0 radical (unpaired) electrons. The molecule has 0 aliphatic rings. The van der Waals surface area contributed by atoms with Gasteiger partial charge in [0, 0.05) is 37.8 Å². The summed E-state index contributed by atoms with van der Waals surface area (Å²) in [4.78, 5) is 15.9. The van der Waals surface area contributed by atoms with Gasteiger partial charge in [0.1, 0.15) is 0 Å². The lowest BCUT2D eigenvalue weighted by molar-refractivity contribution is -0.121. The molecule has 0 saturated carbocycles. The molecule has 0 aliphatic carbocycles. The molecule has 0 unspecified atom stereocenters. The number of aryl methyl sites for hydroxylation is 1. The number of hydrogen-bond donors (Lipinski definition) is 1. The van der Waals surface area contributed by atoms with Crippen LogP contribution in [0.4, 0.5) is 0 Å². The van der Waals surface area contributed by atoms with Gasteiger partial charge in [-0.3, -0.25) is 9.78 Å². The third-order valence-electron chi connectivity index (χ3n) is 3.80. The fourth-order valence-corrected chi connectivity index (χ4v) is 2.48. The first kappa shape index (κ1) is 15.9. The smallest absolute Gasteiger partial charge is 0.220 e. The number of nitrogens with one attached hydrogen (secondary N) is 1. The van der Waals surface area contributed by atoms with Gasteiger partial charge in [0.05, 0.1) is 5.69 Å². The highest BCUT2D eigenvalue weighted by Gasteiger charge is 2.03.